The van der Waals surface area contributed by atoms with E-state index in [2.05, 4.69) is 65.1 Å². The van der Waals surface area contributed by atoms with Crippen molar-refractivity contribution in [2.24, 2.45) is 0 Å². The third-order valence-electron chi connectivity index (χ3n) is 7.64. The Morgan fingerprint density at radius 3 is 1.12 bits per heavy atom. The Morgan fingerprint density at radius 1 is 0.476 bits per heavy atom. The molecular formula is C24H18I2N4O8S4. The van der Waals surface area contributed by atoms with Gasteiger partial charge in [-0.25, -0.2) is 19.9 Å². The molecule has 42 heavy (non-hydrogen) atoms. The molecule has 4 aromatic rings. The van der Waals surface area contributed by atoms with Crippen LogP contribution in [0.25, 0.3) is 19.5 Å². The maximum Gasteiger partial charge on any atom is 0.276 e. The molecular weight excluding hydrogens is 854 g/mol. The Morgan fingerprint density at radius 2 is 0.786 bits per heavy atom. The highest BCUT2D eigenvalue weighted by molar-refractivity contribution is 14.1. The van der Waals surface area contributed by atoms with Crippen LogP contribution in [0.3, 0.4) is 0 Å². The minimum Gasteiger partial charge on any atom is -0.338 e. The van der Waals surface area contributed by atoms with Crippen LogP contribution in [0.4, 0.5) is 0 Å². The molecule has 2 aliphatic carbocycles. The molecule has 0 amide bonds. The molecule has 0 N–H and O–H groups in total. The second kappa shape index (κ2) is 10.1. The zero-order valence-corrected chi connectivity index (χ0v) is 28.8. The van der Waals surface area contributed by atoms with E-state index in [0.717, 1.165) is 48.3 Å². The van der Waals surface area contributed by atoms with Gasteiger partial charge in [-0.3, -0.25) is 0 Å². The van der Waals surface area contributed by atoms with Gasteiger partial charge in [0.1, 0.15) is 22.8 Å². The summed E-state index contributed by atoms with van der Waals surface area (Å²) in [6.07, 6.45) is 0. The van der Waals surface area contributed by atoms with E-state index in [1.807, 2.05) is 0 Å². The van der Waals surface area contributed by atoms with Gasteiger partial charge >= 0.3 is 0 Å². The summed E-state index contributed by atoms with van der Waals surface area (Å²) >= 11 is 10.8. The lowest BCUT2D eigenvalue weighted by atomic mass is 9.91. The van der Waals surface area contributed by atoms with Crippen molar-refractivity contribution in [3.8, 4) is 19.5 Å². The first kappa shape index (κ1) is 27.9. The van der Waals surface area contributed by atoms with E-state index in [-0.39, 0.29) is 0 Å². The quantitative estimate of drug-likeness (QED) is 0.230. The van der Waals surface area contributed by atoms with Crippen LogP contribution in [0.1, 0.15) is 22.8 Å². The number of halogens is 2. The second-order valence-electron chi connectivity index (χ2n) is 9.60. The zero-order valence-electron chi connectivity index (χ0n) is 21.3. The van der Waals surface area contributed by atoms with Crippen molar-refractivity contribution < 1.29 is 37.9 Å². The highest BCUT2D eigenvalue weighted by Crippen LogP contribution is 2.62. The van der Waals surface area contributed by atoms with Crippen molar-refractivity contribution in [1.82, 2.24) is 19.9 Å². The van der Waals surface area contributed by atoms with E-state index in [1.54, 1.807) is 56.4 Å². The highest BCUT2D eigenvalue weighted by atomic mass is 127. The molecule has 12 nitrogen and oxygen atoms in total. The fraction of sp³-hybridized carbons (Fsp3) is 0.500. The first-order valence-electron chi connectivity index (χ1n) is 12.9. The fourth-order valence-electron chi connectivity index (χ4n) is 6.21. The molecule has 0 radical (unpaired) electrons. The molecule has 4 aliphatic heterocycles. The molecule has 4 aromatic heterocycles. The summed E-state index contributed by atoms with van der Waals surface area (Å²) in [5, 5.41) is 0. The average Bonchev–Trinajstić information content (AvgIpc) is 3.79. The SMILES string of the molecule is Ic1nc2c(s1)-c1sc(I)nc1C1(OCCO1)C21OCCO1.c1nc2c(s1)-c1scnc1C1(OCCO1)C21OCCO1. The van der Waals surface area contributed by atoms with Crippen molar-refractivity contribution in [2.45, 2.75) is 23.1 Å². The van der Waals surface area contributed by atoms with E-state index < -0.39 is 23.1 Å². The highest BCUT2D eigenvalue weighted by Gasteiger charge is 2.70. The maximum atomic E-state index is 6.06. The third-order valence-corrected chi connectivity index (χ3v) is 13.1. The summed E-state index contributed by atoms with van der Waals surface area (Å²) in [7, 11) is 0. The lowest BCUT2D eigenvalue weighted by Gasteiger charge is -2.42. The molecule has 0 bridgehead atoms. The van der Waals surface area contributed by atoms with E-state index in [0.29, 0.717) is 52.9 Å². The van der Waals surface area contributed by atoms with Gasteiger partial charge in [0, 0.05) is 0 Å². The largest absolute Gasteiger partial charge is 0.338 e. The second-order valence-corrected chi connectivity index (χ2v) is 16.8. The molecule has 0 unspecified atom stereocenters. The van der Waals surface area contributed by atoms with Crippen molar-refractivity contribution in [3.63, 3.8) is 0 Å². The number of fused-ring (bicyclic) bond motifs is 12. The smallest absolute Gasteiger partial charge is 0.276 e. The fourth-order valence-corrected chi connectivity index (χ4v) is 11.6. The van der Waals surface area contributed by atoms with E-state index in [1.165, 1.54) is 0 Å². The lowest BCUT2D eigenvalue weighted by molar-refractivity contribution is -0.368. The van der Waals surface area contributed by atoms with Gasteiger partial charge in [0.2, 0.25) is 0 Å². The number of aromatic nitrogens is 4. The van der Waals surface area contributed by atoms with E-state index >= 15 is 0 Å². The Labute approximate surface area is 281 Å². The first-order valence-corrected chi connectivity index (χ1v) is 18.4. The third kappa shape index (κ3) is 3.53. The number of thiazole rings is 4. The van der Waals surface area contributed by atoms with E-state index in [9.17, 15) is 0 Å². The molecule has 0 saturated carbocycles. The summed E-state index contributed by atoms with van der Waals surface area (Å²) in [5.74, 6) is -4.55. The molecule has 4 saturated heterocycles. The predicted octanol–water partition coefficient (Wildman–Crippen LogP) is 4.57. The van der Waals surface area contributed by atoms with Crippen LogP contribution in [-0.4, -0.2) is 72.8 Å². The molecule has 6 aliphatic rings. The predicted molar refractivity (Wildman–Crippen MR) is 166 cm³/mol. The van der Waals surface area contributed by atoms with Crippen molar-refractivity contribution in [2.75, 3.05) is 52.9 Å². The molecule has 10 rings (SSSR count). The number of ether oxygens (including phenoxy) is 8. The van der Waals surface area contributed by atoms with Crippen molar-refractivity contribution in [1.29, 1.82) is 0 Å². The minimum absolute atomic E-state index is 0.485. The Bertz CT molecular complexity index is 1560. The Kier molecular flexibility index (Phi) is 6.70. The average molecular weight is 873 g/mol. The Hall–Kier alpha value is -0.340. The van der Waals surface area contributed by atoms with Crippen LogP contribution in [-0.2, 0) is 61.0 Å². The Balaban J connectivity index is 0.000000120. The van der Waals surface area contributed by atoms with Gasteiger partial charge in [-0.05, 0) is 45.2 Å². The monoisotopic (exact) mass is 872 g/mol. The van der Waals surface area contributed by atoms with Gasteiger partial charge in [-0.15, -0.1) is 45.3 Å². The van der Waals surface area contributed by atoms with Crippen molar-refractivity contribution >= 4 is 90.5 Å². The summed E-state index contributed by atoms with van der Waals surface area (Å²) in [5.41, 5.74) is 6.61. The summed E-state index contributed by atoms with van der Waals surface area (Å²) < 4.78 is 50.0. The molecule has 4 fully saturated rings. The molecule has 4 spiro atoms. The molecule has 220 valence electrons. The maximum absolute atomic E-state index is 6.06. The van der Waals surface area contributed by atoms with Crippen LogP contribution in [0.5, 0.6) is 0 Å². The number of hydrogen-bond acceptors (Lipinski definition) is 16. The van der Waals surface area contributed by atoms with Gasteiger partial charge in [0.05, 0.1) is 83.4 Å². The minimum atomic E-state index is -1.15. The van der Waals surface area contributed by atoms with Crippen LogP contribution in [0.2, 0.25) is 0 Å². The van der Waals surface area contributed by atoms with Crippen molar-refractivity contribution in [3.05, 3.63) is 39.8 Å². The summed E-state index contributed by atoms with van der Waals surface area (Å²) in [6, 6.07) is 0. The van der Waals surface area contributed by atoms with Gasteiger partial charge < -0.3 is 37.9 Å². The summed E-state index contributed by atoms with van der Waals surface area (Å²) in [6.45, 7) is 3.90. The van der Waals surface area contributed by atoms with Crippen LogP contribution < -0.4 is 0 Å². The molecule has 8 heterocycles. The topological polar surface area (TPSA) is 125 Å². The summed E-state index contributed by atoms with van der Waals surface area (Å²) in [4.78, 5) is 22.5. The van der Waals surface area contributed by atoms with Gasteiger partial charge in [0.25, 0.3) is 23.1 Å². The van der Waals surface area contributed by atoms with Gasteiger partial charge in [-0.1, -0.05) is 0 Å². The standard InChI is InChI=1S/C12H8I2N2O4S2.C12H10N2O4S2/c13-9-15-7-5(21-9)6-8(16-10(14)22-6)12(19-3-4-20-12)11(7)17-1-2-18-11;1-2-16-11(15-1)9-7(19-5-13-9)8-10(14-6-20-8)12(11)17-3-4-18-12/h1-4H2;5-6H,1-4H2. The normalized spacial score (nSPS) is 24.6. The van der Waals surface area contributed by atoms with E-state index in [4.69, 9.17) is 37.9 Å². The number of nitrogens with zero attached hydrogens (tertiary/aromatic N) is 4. The number of rotatable bonds is 0. The van der Waals surface area contributed by atoms with Gasteiger partial charge in [-0.2, -0.15) is 0 Å². The van der Waals surface area contributed by atoms with Crippen LogP contribution in [0.15, 0.2) is 11.0 Å². The first-order chi connectivity index (χ1) is 20.5. The van der Waals surface area contributed by atoms with Crippen LogP contribution in [0, 0.1) is 6.03 Å². The lowest BCUT2D eigenvalue weighted by Crippen LogP contribution is -2.54. The molecule has 0 atom stereocenters. The molecule has 18 heteroatoms. The van der Waals surface area contributed by atoms with Gasteiger partial charge in [0.15, 0.2) is 6.03 Å². The zero-order chi connectivity index (χ0) is 28.2. The van der Waals surface area contributed by atoms with Crippen LogP contribution >= 0.6 is 90.5 Å². The molecule has 0 aromatic carbocycles. The number of hydrogen-bond donors (Lipinski definition) is 0.